The van der Waals surface area contributed by atoms with Crippen LogP contribution < -0.4 is 10.5 Å². The van der Waals surface area contributed by atoms with Crippen LogP contribution in [0.4, 0.5) is 4.79 Å². The number of primary amides is 1. The third kappa shape index (κ3) is 4.75. The minimum Gasteiger partial charge on any atom is -0.458 e. The zero-order valence-corrected chi connectivity index (χ0v) is 16.8. The number of carbonyl (C=O) groups is 2. The molecule has 8 nitrogen and oxygen atoms in total. The summed E-state index contributed by atoms with van der Waals surface area (Å²) in [6, 6.07) is 4.59. The Labute approximate surface area is 175 Å². The van der Waals surface area contributed by atoms with Crippen LogP contribution >= 0.6 is 34.8 Å². The molecule has 0 unspecified atom stereocenters. The molecule has 3 rings (SSSR count). The molecule has 1 spiro atoms. The number of amides is 1. The Balaban J connectivity index is 1.78. The molecule has 0 radical (unpaired) electrons. The van der Waals surface area contributed by atoms with Crippen molar-refractivity contribution in [3.8, 4) is 5.75 Å². The van der Waals surface area contributed by atoms with E-state index in [1.807, 2.05) is 0 Å². The number of nitrogens with two attached hydrogens (primary N) is 1. The Bertz CT molecular complexity index is 770. The van der Waals surface area contributed by atoms with Crippen molar-refractivity contribution < 1.29 is 33.6 Å². The molecule has 3 atom stereocenters. The maximum Gasteiger partial charge on any atom is 0.405 e. The molecule has 3 N–H and O–H groups in total. The van der Waals surface area contributed by atoms with Gasteiger partial charge in [-0.2, -0.15) is 0 Å². The minimum atomic E-state index is -1.71. The van der Waals surface area contributed by atoms with Crippen molar-refractivity contribution >= 4 is 46.9 Å². The summed E-state index contributed by atoms with van der Waals surface area (Å²) in [6.45, 7) is -0.333. The van der Waals surface area contributed by atoms with E-state index in [9.17, 15) is 14.7 Å². The number of fused-ring (bicyclic) bond motifs is 1. The highest BCUT2D eigenvalue weighted by Crippen LogP contribution is 2.42. The Kier molecular flexibility index (Phi) is 6.17. The molecule has 2 aliphatic rings. The van der Waals surface area contributed by atoms with E-state index in [0.717, 1.165) is 0 Å². The van der Waals surface area contributed by atoms with E-state index < -0.39 is 40.5 Å². The molecule has 0 bridgehead atoms. The first-order chi connectivity index (χ1) is 13.1. The van der Waals surface area contributed by atoms with Crippen molar-refractivity contribution in [3.05, 3.63) is 29.3 Å². The zero-order chi connectivity index (χ0) is 20.5. The topological polar surface area (TPSA) is 117 Å². The van der Waals surface area contributed by atoms with Crippen molar-refractivity contribution in [1.82, 2.24) is 0 Å². The lowest BCUT2D eigenvalue weighted by Crippen LogP contribution is -2.60. The van der Waals surface area contributed by atoms with Crippen LogP contribution in [-0.4, -0.2) is 45.6 Å². The van der Waals surface area contributed by atoms with Crippen molar-refractivity contribution in [2.75, 3.05) is 6.61 Å². The van der Waals surface area contributed by atoms with Crippen molar-refractivity contribution in [2.45, 2.75) is 47.7 Å². The number of hydrogen-bond acceptors (Lipinski definition) is 7. The van der Waals surface area contributed by atoms with Crippen LogP contribution in [0, 0.1) is 0 Å². The molecular weight excluding hydrogens is 437 g/mol. The summed E-state index contributed by atoms with van der Waals surface area (Å²) in [4.78, 5) is 23.3. The summed E-state index contributed by atoms with van der Waals surface area (Å²) in [5.74, 6) is -1.59. The lowest BCUT2D eigenvalue weighted by molar-refractivity contribution is -0.287. The average molecular weight is 455 g/mol. The van der Waals surface area contributed by atoms with E-state index in [1.54, 1.807) is 6.07 Å². The van der Waals surface area contributed by atoms with Gasteiger partial charge in [-0.05, 0) is 31.0 Å². The Hall–Kier alpha value is -1.45. The number of ether oxygens (including phenoxy) is 4. The van der Waals surface area contributed by atoms with Crippen LogP contribution in [-0.2, 0) is 20.8 Å². The number of halogens is 3. The molecule has 28 heavy (non-hydrogen) atoms. The summed E-state index contributed by atoms with van der Waals surface area (Å²) >= 11 is 16.7. The van der Waals surface area contributed by atoms with Gasteiger partial charge in [0, 0.05) is 12.0 Å². The largest absolute Gasteiger partial charge is 0.458 e. The van der Waals surface area contributed by atoms with Gasteiger partial charge in [0.15, 0.2) is 6.10 Å². The Morgan fingerprint density at radius 1 is 1.36 bits per heavy atom. The minimum absolute atomic E-state index is 0.0618. The number of hydrogen-bond donors (Lipinski definition) is 2. The maximum absolute atomic E-state index is 12.1. The second-order valence-corrected chi connectivity index (χ2v) is 9.05. The summed E-state index contributed by atoms with van der Waals surface area (Å²) in [6.07, 6.45) is -1.65. The first-order valence-electron chi connectivity index (χ1n) is 8.43. The van der Waals surface area contributed by atoms with Crippen molar-refractivity contribution in [3.63, 3.8) is 0 Å². The highest BCUT2D eigenvalue weighted by atomic mass is 35.6. The number of alkyl halides is 3. The fourth-order valence-corrected chi connectivity index (χ4v) is 3.43. The van der Waals surface area contributed by atoms with Crippen LogP contribution in [0.25, 0.3) is 0 Å². The van der Waals surface area contributed by atoms with E-state index in [0.29, 0.717) is 30.6 Å². The Morgan fingerprint density at radius 2 is 2.11 bits per heavy atom. The highest BCUT2D eigenvalue weighted by Gasteiger charge is 2.53. The molecule has 0 aromatic heterocycles. The molecule has 1 heterocycles. The van der Waals surface area contributed by atoms with Gasteiger partial charge in [-0.3, -0.25) is 0 Å². The third-order valence-electron chi connectivity index (χ3n) is 4.47. The predicted molar refractivity (Wildman–Crippen MR) is 99.5 cm³/mol. The number of aliphatic hydroxyl groups excluding tert-OH is 1. The van der Waals surface area contributed by atoms with Gasteiger partial charge in [0.05, 0.1) is 18.3 Å². The summed E-state index contributed by atoms with van der Waals surface area (Å²) in [5, 5.41) is 10.2. The molecule has 1 amide bonds. The van der Waals surface area contributed by atoms with Gasteiger partial charge in [-0.15, -0.1) is 0 Å². The van der Waals surface area contributed by atoms with Gasteiger partial charge in [0.1, 0.15) is 12.4 Å². The number of benzene rings is 1. The molecule has 1 aromatic rings. The smallest absolute Gasteiger partial charge is 0.405 e. The van der Waals surface area contributed by atoms with E-state index in [2.05, 4.69) is 0 Å². The van der Waals surface area contributed by atoms with Crippen molar-refractivity contribution in [1.29, 1.82) is 0 Å². The summed E-state index contributed by atoms with van der Waals surface area (Å²) in [7, 11) is 0. The van der Waals surface area contributed by atoms with Crippen LogP contribution in [0.2, 0.25) is 0 Å². The Morgan fingerprint density at radius 3 is 2.79 bits per heavy atom. The second-order valence-electron chi connectivity index (χ2n) is 6.53. The molecule has 11 heteroatoms. The van der Waals surface area contributed by atoms with Gasteiger partial charge in [0.25, 0.3) is 5.79 Å². The van der Waals surface area contributed by atoms with E-state index in [4.69, 9.17) is 59.5 Å². The van der Waals surface area contributed by atoms with Gasteiger partial charge in [-0.25, -0.2) is 9.59 Å². The molecule has 0 saturated heterocycles. The average Bonchev–Trinajstić information content (AvgIpc) is 2.62. The van der Waals surface area contributed by atoms with Crippen molar-refractivity contribution in [2.24, 2.45) is 5.73 Å². The van der Waals surface area contributed by atoms with E-state index >= 15 is 0 Å². The fraction of sp³-hybridized carbons (Fsp3) is 0.529. The second kappa shape index (κ2) is 8.12. The van der Waals surface area contributed by atoms with Crippen LogP contribution in [0.5, 0.6) is 5.75 Å². The number of carbonyl (C=O) groups excluding carboxylic acids is 2. The SMILES string of the molecule is NC(=O)O[C@@H]1[C@H](O)CCC[C@@]12OCc1cc(C(=O)OCC(Cl)(Cl)Cl)ccc1O2. The van der Waals surface area contributed by atoms with E-state index in [1.165, 1.54) is 12.1 Å². The van der Waals surface area contributed by atoms with Gasteiger partial charge in [-0.1, -0.05) is 34.8 Å². The first kappa shape index (κ1) is 21.3. The zero-order valence-electron chi connectivity index (χ0n) is 14.5. The van der Waals surface area contributed by atoms with Gasteiger partial charge in [0.2, 0.25) is 3.79 Å². The molecule has 1 saturated carbocycles. The monoisotopic (exact) mass is 453 g/mol. The molecule has 1 aliphatic carbocycles. The number of esters is 1. The molecule has 1 fully saturated rings. The normalized spacial score (nSPS) is 26.9. The predicted octanol–water partition coefficient (Wildman–Crippen LogP) is 2.83. The lowest BCUT2D eigenvalue weighted by Gasteiger charge is -2.46. The lowest BCUT2D eigenvalue weighted by atomic mass is 9.87. The standard InChI is InChI=1S/C17H18Cl3NO7/c18-17(19,20)8-25-14(23)9-3-4-12-10(6-9)7-26-16(28-12)5-1-2-11(22)13(16)27-15(21)24/h3-4,6,11,13,22H,1-2,5,7-8H2,(H2,21,24)/t11-,13-,16+/m1/s1. The van der Waals surface area contributed by atoms with Crippen LogP contribution in [0.3, 0.4) is 0 Å². The fourth-order valence-electron chi connectivity index (χ4n) is 3.27. The quantitative estimate of drug-likeness (QED) is 0.532. The molecule has 1 aliphatic heterocycles. The molecular formula is C17H18Cl3NO7. The highest BCUT2D eigenvalue weighted by molar-refractivity contribution is 6.67. The summed E-state index contributed by atoms with van der Waals surface area (Å²) in [5.41, 5.74) is 5.92. The molecule has 154 valence electrons. The number of rotatable bonds is 3. The van der Waals surface area contributed by atoms with Crippen LogP contribution in [0.1, 0.15) is 35.2 Å². The maximum atomic E-state index is 12.1. The van der Waals surface area contributed by atoms with Crippen LogP contribution in [0.15, 0.2) is 18.2 Å². The summed E-state index contributed by atoms with van der Waals surface area (Å²) < 4.78 is 20.1. The number of aliphatic hydroxyl groups is 1. The molecule has 1 aromatic carbocycles. The first-order valence-corrected chi connectivity index (χ1v) is 9.57. The van der Waals surface area contributed by atoms with E-state index in [-0.39, 0.29) is 12.2 Å². The van der Waals surface area contributed by atoms with Gasteiger partial charge < -0.3 is 29.8 Å². The van der Waals surface area contributed by atoms with Gasteiger partial charge >= 0.3 is 12.1 Å². The third-order valence-corrected chi connectivity index (χ3v) is 4.80.